The number of benzene rings is 3. The fourth-order valence-electron chi connectivity index (χ4n) is 2.86. The molecule has 0 atom stereocenters. The number of hydrogen-bond acceptors (Lipinski definition) is 5. The SMILES string of the molecule is O=C(COC(=O)c1nc(-c2ccc(Br)cc2)n(-c2ccc(Cl)cc2)n1)c1ccc(Cl)cc1. The molecule has 0 aliphatic carbocycles. The highest BCUT2D eigenvalue weighted by molar-refractivity contribution is 9.10. The second-order valence-electron chi connectivity index (χ2n) is 6.66. The predicted molar refractivity (Wildman–Crippen MR) is 126 cm³/mol. The van der Waals surface area contributed by atoms with Crippen molar-refractivity contribution in [2.45, 2.75) is 0 Å². The maximum atomic E-state index is 12.6. The lowest BCUT2D eigenvalue weighted by Gasteiger charge is -2.06. The summed E-state index contributed by atoms with van der Waals surface area (Å²) in [4.78, 5) is 29.3. The second kappa shape index (κ2) is 9.65. The van der Waals surface area contributed by atoms with E-state index in [4.69, 9.17) is 27.9 Å². The van der Waals surface area contributed by atoms with Crippen molar-refractivity contribution >= 4 is 50.9 Å². The van der Waals surface area contributed by atoms with Crippen LogP contribution in [-0.2, 0) is 4.74 Å². The quantitative estimate of drug-likeness (QED) is 0.224. The van der Waals surface area contributed by atoms with Gasteiger partial charge in [-0.15, -0.1) is 5.10 Å². The molecule has 0 aliphatic rings. The number of rotatable bonds is 6. The zero-order valence-electron chi connectivity index (χ0n) is 16.3. The lowest BCUT2D eigenvalue weighted by Crippen LogP contribution is -2.15. The monoisotopic (exact) mass is 529 g/mol. The molecule has 1 aromatic heterocycles. The summed E-state index contributed by atoms with van der Waals surface area (Å²) in [5, 5.41) is 5.40. The maximum Gasteiger partial charge on any atom is 0.378 e. The van der Waals surface area contributed by atoms with Gasteiger partial charge in [0.1, 0.15) is 0 Å². The van der Waals surface area contributed by atoms with Crippen LogP contribution in [0.15, 0.2) is 77.3 Å². The fourth-order valence-corrected chi connectivity index (χ4v) is 3.38. The number of esters is 1. The van der Waals surface area contributed by atoms with Crippen LogP contribution >= 0.6 is 39.1 Å². The van der Waals surface area contributed by atoms with E-state index in [0.717, 1.165) is 10.0 Å². The molecule has 0 saturated heterocycles. The fraction of sp³-hybridized carbons (Fsp3) is 0.0435. The first-order valence-electron chi connectivity index (χ1n) is 9.35. The highest BCUT2D eigenvalue weighted by Gasteiger charge is 2.21. The molecular weight excluding hydrogens is 517 g/mol. The highest BCUT2D eigenvalue weighted by Crippen LogP contribution is 2.24. The second-order valence-corrected chi connectivity index (χ2v) is 8.45. The van der Waals surface area contributed by atoms with Gasteiger partial charge in [-0.05, 0) is 60.7 Å². The number of halogens is 3. The van der Waals surface area contributed by atoms with Gasteiger partial charge in [0, 0.05) is 25.6 Å². The largest absolute Gasteiger partial charge is 0.451 e. The molecule has 4 aromatic rings. The van der Waals surface area contributed by atoms with E-state index in [1.54, 1.807) is 48.5 Å². The molecule has 3 aromatic carbocycles. The number of carbonyl (C=O) groups excluding carboxylic acids is 2. The Morgan fingerprint density at radius 2 is 1.47 bits per heavy atom. The van der Waals surface area contributed by atoms with Gasteiger partial charge in [0.05, 0.1) is 5.69 Å². The molecule has 0 unspecified atom stereocenters. The number of Topliss-reactive ketones (excluding diaryl/α,β-unsaturated/α-hetero) is 1. The number of carbonyl (C=O) groups is 2. The molecular formula is C23H14BrCl2N3O3. The Balaban J connectivity index is 1.60. The van der Waals surface area contributed by atoms with E-state index >= 15 is 0 Å². The van der Waals surface area contributed by atoms with E-state index in [-0.39, 0.29) is 11.6 Å². The van der Waals surface area contributed by atoms with Gasteiger partial charge in [-0.2, -0.15) is 0 Å². The van der Waals surface area contributed by atoms with Crippen LogP contribution in [-0.4, -0.2) is 33.1 Å². The van der Waals surface area contributed by atoms with E-state index in [1.165, 1.54) is 4.68 Å². The number of ketones is 1. The van der Waals surface area contributed by atoms with Crippen molar-refractivity contribution in [3.63, 3.8) is 0 Å². The van der Waals surface area contributed by atoms with Crippen LogP contribution in [0.25, 0.3) is 17.1 Å². The van der Waals surface area contributed by atoms with Crippen LogP contribution in [0.5, 0.6) is 0 Å². The predicted octanol–water partition coefficient (Wildman–Crippen LogP) is 6.04. The average molecular weight is 531 g/mol. The van der Waals surface area contributed by atoms with Gasteiger partial charge in [0.2, 0.25) is 0 Å². The van der Waals surface area contributed by atoms with Gasteiger partial charge in [-0.1, -0.05) is 51.3 Å². The summed E-state index contributed by atoms with van der Waals surface area (Å²) < 4.78 is 7.59. The Bertz CT molecular complexity index is 1210. The van der Waals surface area contributed by atoms with Crippen molar-refractivity contribution in [1.29, 1.82) is 0 Å². The Kier molecular flexibility index (Phi) is 6.69. The minimum Gasteiger partial charge on any atom is -0.451 e. The average Bonchev–Trinajstić information content (AvgIpc) is 3.24. The third kappa shape index (κ3) is 5.07. The number of nitrogens with zero attached hydrogens (tertiary/aromatic N) is 3. The van der Waals surface area contributed by atoms with E-state index in [0.29, 0.717) is 27.1 Å². The molecule has 0 amide bonds. The highest BCUT2D eigenvalue weighted by atomic mass is 79.9. The minimum atomic E-state index is -0.807. The number of aromatic nitrogens is 3. The molecule has 1 heterocycles. The zero-order valence-corrected chi connectivity index (χ0v) is 19.4. The van der Waals surface area contributed by atoms with Crippen molar-refractivity contribution in [3.05, 3.63) is 98.7 Å². The summed E-state index contributed by atoms with van der Waals surface area (Å²) in [6.07, 6.45) is 0. The van der Waals surface area contributed by atoms with Crippen molar-refractivity contribution in [2.24, 2.45) is 0 Å². The lowest BCUT2D eigenvalue weighted by molar-refractivity contribution is 0.0462. The smallest absolute Gasteiger partial charge is 0.378 e. The first-order valence-corrected chi connectivity index (χ1v) is 10.9. The molecule has 0 bridgehead atoms. The van der Waals surface area contributed by atoms with Gasteiger partial charge in [0.25, 0.3) is 5.82 Å². The summed E-state index contributed by atoms with van der Waals surface area (Å²) in [5.41, 5.74) is 1.79. The number of hydrogen-bond donors (Lipinski definition) is 0. The van der Waals surface area contributed by atoms with Crippen LogP contribution in [0.3, 0.4) is 0 Å². The van der Waals surface area contributed by atoms with Gasteiger partial charge >= 0.3 is 5.97 Å². The van der Waals surface area contributed by atoms with Gasteiger partial charge < -0.3 is 4.74 Å². The Morgan fingerprint density at radius 1 is 0.875 bits per heavy atom. The molecule has 9 heteroatoms. The van der Waals surface area contributed by atoms with Crippen LogP contribution < -0.4 is 0 Å². The molecule has 0 spiro atoms. The minimum absolute atomic E-state index is 0.165. The Morgan fingerprint density at radius 3 is 2.09 bits per heavy atom. The molecule has 32 heavy (non-hydrogen) atoms. The first kappa shape index (κ1) is 22.2. The van der Waals surface area contributed by atoms with Crippen LogP contribution in [0.4, 0.5) is 0 Å². The molecule has 6 nitrogen and oxygen atoms in total. The Hall–Kier alpha value is -3.00. The molecule has 0 aliphatic heterocycles. The molecule has 0 fully saturated rings. The van der Waals surface area contributed by atoms with Crippen molar-refractivity contribution in [2.75, 3.05) is 6.61 Å². The van der Waals surface area contributed by atoms with Crippen molar-refractivity contribution in [1.82, 2.24) is 14.8 Å². The summed E-state index contributed by atoms with van der Waals surface area (Å²) in [6.45, 7) is -0.441. The summed E-state index contributed by atoms with van der Waals surface area (Å²) in [7, 11) is 0. The summed E-state index contributed by atoms with van der Waals surface area (Å²) in [6, 6.07) is 20.7. The van der Waals surface area contributed by atoms with Crippen LogP contribution in [0, 0.1) is 0 Å². The van der Waals surface area contributed by atoms with Gasteiger partial charge in [-0.3, -0.25) is 4.79 Å². The number of ether oxygens (including phenoxy) is 1. The third-order valence-corrected chi connectivity index (χ3v) is 5.50. The molecule has 160 valence electrons. The van der Waals surface area contributed by atoms with Crippen molar-refractivity contribution in [3.8, 4) is 17.1 Å². The molecule has 0 saturated carbocycles. The first-order chi connectivity index (χ1) is 15.4. The normalized spacial score (nSPS) is 10.7. The van der Waals surface area contributed by atoms with Gasteiger partial charge in [0.15, 0.2) is 18.2 Å². The third-order valence-electron chi connectivity index (χ3n) is 4.46. The van der Waals surface area contributed by atoms with E-state index < -0.39 is 12.6 Å². The summed E-state index contributed by atoms with van der Waals surface area (Å²) >= 11 is 15.2. The van der Waals surface area contributed by atoms with E-state index in [9.17, 15) is 9.59 Å². The standard InChI is InChI=1S/C23H14BrCl2N3O3/c24-16-5-1-15(2-6-16)22-27-21(28-29(22)19-11-9-18(26)10-12-19)23(31)32-13-20(30)14-3-7-17(25)8-4-14/h1-12H,13H2. The molecule has 4 rings (SSSR count). The van der Waals surface area contributed by atoms with Crippen molar-refractivity contribution < 1.29 is 14.3 Å². The topological polar surface area (TPSA) is 74.1 Å². The summed E-state index contributed by atoms with van der Waals surface area (Å²) in [5.74, 6) is -0.892. The van der Waals surface area contributed by atoms with Gasteiger partial charge in [-0.25, -0.2) is 14.5 Å². The van der Waals surface area contributed by atoms with Crippen LogP contribution in [0.1, 0.15) is 21.0 Å². The zero-order chi connectivity index (χ0) is 22.7. The van der Waals surface area contributed by atoms with E-state index in [1.807, 2.05) is 24.3 Å². The molecule has 0 radical (unpaired) electrons. The maximum absolute atomic E-state index is 12.6. The van der Waals surface area contributed by atoms with E-state index in [2.05, 4.69) is 26.0 Å². The molecule has 0 N–H and O–H groups in total. The lowest BCUT2D eigenvalue weighted by atomic mass is 10.1. The Labute approximate surface area is 201 Å². The van der Waals surface area contributed by atoms with Crippen LogP contribution in [0.2, 0.25) is 10.0 Å².